The van der Waals surface area contributed by atoms with Gasteiger partial charge in [-0.2, -0.15) is 13.2 Å². The monoisotopic (exact) mass is 411 g/mol. The maximum Gasteiger partial charge on any atom is 0.418 e. The van der Waals surface area contributed by atoms with Gasteiger partial charge in [-0.3, -0.25) is 4.79 Å². The number of hydrogen-bond acceptors (Lipinski definition) is 4. The van der Waals surface area contributed by atoms with Crippen LogP contribution in [-0.2, 0) is 28.5 Å². The molecule has 1 heterocycles. The Bertz CT molecular complexity index is 852. The van der Waals surface area contributed by atoms with Crippen molar-refractivity contribution in [2.75, 3.05) is 5.32 Å². The van der Waals surface area contributed by atoms with Crippen LogP contribution in [0.4, 0.5) is 18.9 Å². The van der Waals surface area contributed by atoms with Crippen LogP contribution >= 0.6 is 11.3 Å². The molecule has 0 bridgehead atoms. The third-order valence-corrected chi connectivity index (χ3v) is 5.81. The van der Waals surface area contributed by atoms with Crippen LogP contribution in [0, 0.1) is 0 Å². The number of nitrogens with one attached hydrogen (secondary N) is 1. The molecule has 1 amide bonds. The number of carbonyl (C=O) groups is 2. The van der Waals surface area contributed by atoms with E-state index >= 15 is 0 Å². The fraction of sp³-hybridized carbons (Fsp3) is 0.400. The van der Waals surface area contributed by atoms with Gasteiger partial charge in [0.15, 0.2) is 6.10 Å². The van der Waals surface area contributed by atoms with E-state index in [1.54, 1.807) is 6.07 Å². The number of esters is 1. The minimum absolute atomic E-state index is 0.370. The number of anilines is 1. The Labute approximate surface area is 164 Å². The molecule has 3 rings (SSSR count). The number of halogens is 3. The van der Waals surface area contributed by atoms with Gasteiger partial charge in [-0.15, -0.1) is 11.3 Å². The topological polar surface area (TPSA) is 55.4 Å². The molecule has 0 unspecified atom stereocenters. The molecular weight excluding hydrogens is 391 g/mol. The number of para-hydroxylation sites is 1. The van der Waals surface area contributed by atoms with E-state index in [0.29, 0.717) is 4.88 Å². The van der Waals surface area contributed by atoms with Crippen molar-refractivity contribution in [3.63, 3.8) is 0 Å². The summed E-state index contributed by atoms with van der Waals surface area (Å²) in [5, 5.41) is 2.20. The summed E-state index contributed by atoms with van der Waals surface area (Å²) in [6, 6.07) is 6.47. The van der Waals surface area contributed by atoms with Crippen molar-refractivity contribution in [3.05, 3.63) is 51.2 Å². The summed E-state index contributed by atoms with van der Waals surface area (Å²) in [4.78, 5) is 26.2. The van der Waals surface area contributed by atoms with Crippen LogP contribution in [-0.4, -0.2) is 18.0 Å². The second-order valence-corrected chi connectivity index (χ2v) is 7.84. The maximum atomic E-state index is 13.0. The molecule has 1 aliphatic carbocycles. The third-order valence-electron chi connectivity index (χ3n) is 4.59. The van der Waals surface area contributed by atoms with E-state index in [1.807, 2.05) is 0 Å². The quantitative estimate of drug-likeness (QED) is 0.554. The largest absolute Gasteiger partial charge is 0.448 e. The molecule has 1 aliphatic rings. The summed E-state index contributed by atoms with van der Waals surface area (Å²) in [6.07, 6.45) is -0.650. The number of amides is 1. The van der Waals surface area contributed by atoms with Gasteiger partial charge in [0.05, 0.1) is 11.3 Å². The lowest BCUT2D eigenvalue weighted by Crippen LogP contribution is -2.30. The van der Waals surface area contributed by atoms with Crippen molar-refractivity contribution in [2.45, 2.75) is 51.3 Å². The molecule has 0 radical (unpaired) electrons. The Balaban J connectivity index is 1.66. The smallest absolute Gasteiger partial charge is 0.418 e. The number of hydrogen-bond donors (Lipinski definition) is 1. The van der Waals surface area contributed by atoms with E-state index in [1.165, 1.54) is 35.3 Å². The van der Waals surface area contributed by atoms with Crippen LogP contribution in [0.2, 0.25) is 0 Å². The van der Waals surface area contributed by atoms with Crippen molar-refractivity contribution >= 4 is 28.9 Å². The first-order chi connectivity index (χ1) is 13.3. The minimum Gasteiger partial charge on any atom is -0.448 e. The predicted octanol–water partition coefficient (Wildman–Crippen LogP) is 5.22. The van der Waals surface area contributed by atoms with Gasteiger partial charge in [0.1, 0.15) is 4.88 Å². The maximum absolute atomic E-state index is 13.0. The number of alkyl halides is 3. The van der Waals surface area contributed by atoms with Crippen LogP contribution in [0.1, 0.15) is 51.9 Å². The molecule has 0 saturated carbocycles. The second kappa shape index (κ2) is 8.34. The Kier molecular flexibility index (Phi) is 6.07. The van der Waals surface area contributed by atoms with Gasteiger partial charge in [-0.1, -0.05) is 18.6 Å². The molecule has 1 aromatic carbocycles. The molecule has 1 atom stereocenters. The molecular formula is C20H20F3NO3S. The van der Waals surface area contributed by atoms with Crippen LogP contribution in [0.15, 0.2) is 30.3 Å². The first kappa shape index (κ1) is 20.4. The molecule has 150 valence electrons. The van der Waals surface area contributed by atoms with Crippen molar-refractivity contribution in [3.8, 4) is 0 Å². The first-order valence-electron chi connectivity index (χ1n) is 9.05. The molecule has 0 spiro atoms. The Hall–Kier alpha value is -2.35. The number of benzene rings is 1. The van der Waals surface area contributed by atoms with Crippen molar-refractivity contribution < 1.29 is 27.5 Å². The van der Waals surface area contributed by atoms with Gasteiger partial charge in [0, 0.05) is 4.88 Å². The number of ether oxygens (including phenoxy) is 1. The fourth-order valence-corrected chi connectivity index (χ4v) is 4.25. The Morgan fingerprint density at radius 1 is 1.14 bits per heavy atom. The highest BCUT2D eigenvalue weighted by Crippen LogP contribution is 2.34. The van der Waals surface area contributed by atoms with E-state index < -0.39 is 29.7 Å². The average molecular weight is 411 g/mol. The number of aryl methyl sites for hydroxylation is 2. The van der Waals surface area contributed by atoms with E-state index in [2.05, 4.69) is 5.32 Å². The highest BCUT2D eigenvalue weighted by molar-refractivity contribution is 7.14. The number of thiophene rings is 1. The van der Waals surface area contributed by atoms with Crippen molar-refractivity contribution in [1.29, 1.82) is 0 Å². The highest BCUT2D eigenvalue weighted by Gasteiger charge is 2.34. The summed E-state index contributed by atoms with van der Waals surface area (Å²) in [5.41, 5.74) is -0.180. The third kappa shape index (κ3) is 4.73. The average Bonchev–Trinajstić information content (AvgIpc) is 2.92. The van der Waals surface area contributed by atoms with Crippen molar-refractivity contribution in [2.24, 2.45) is 0 Å². The minimum atomic E-state index is -4.60. The van der Waals surface area contributed by atoms with Crippen LogP contribution < -0.4 is 5.32 Å². The Morgan fingerprint density at radius 2 is 1.86 bits per heavy atom. The Morgan fingerprint density at radius 3 is 2.61 bits per heavy atom. The molecule has 2 aromatic rings. The fourth-order valence-electron chi connectivity index (χ4n) is 3.11. The van der Waals surface area contributed by atoms with E-state index in [9.17, 15) is 22.8 Å². The SMILES string of the molecule is C[C@H](OC(=O)c1cc2c(s1)CCCCC2)C(=O)Nc1ccccc1C(F)(F)F. The zero-order chi connectivity index (χ0) is 20.3. The summed E-state index contributed by atoms with van der Waals surface area (Å²) in [5.74, 6) is -1.45. The molecule has 0 aliphatic heterocycles. The standard InChI is InChI=1S/C20H20F3NO3S/c1-12(18(25)24-15-9-6-5-8-14(15)20(21,22)23)27-19(26)17-11-13-7-3-2-4-10-16(13)28-17/h5-6,8-9,11-12H,2-4,7,10H2,1H3,(H,24,25)/t12-/m0/s1. The summed E-state index contributed by atoms with van der Waals surface area (Å²) < 4.78 is 44.3. The van der Waals surface area contributed by atoms with Gasteiger partial charge < -0.3 is 10.1 Å². The molecule has 28 heavy (non-hydrogen) atoms. The van der Waals surface area contributed by atoms with Crippen LogP contribution in [0.3, 0.4) is 0 Å². The van der Waals surface area contributed by atoms with Gasteiger partial charge in [0.25, 0.3) is 5.91 Å². The molecule has 4 nitrogen and oxygen atoms in total. The highest BCUT2D eigenvalue weighted by atomic mass is 32.1. The molecule has 8 heteroatoms. The predicted molar refractivity (Wildman–Crippen MR) is 101 cm³/mol. The van der Waals surface area contributed by atoms with Crippen LogP contribution in [0.25, 0.3) is 0 Å². The number of fused-ring (bicyclic) bond motifs is 1. The normalized spacial score (nSPS) is 15.3. The lowest BCUT2D eigenvalue weighted by atomic mass is 10.1. The van der Waals surface area contributed by atoms with Gasteiger partial charge in [-0.25, -0.2) is 4.79 Å². The van der Waals surface area contributed by atoms with Crippen molar-refractivity contribution in [1.82, 2.24) is 0 Å². The summed E-state index contributed by atoms with van der Waals surface area (Å²) in [7, 11) is 0. The molecule has 0 fully saturated rings. The van der Waals surface area contributed by atoms with Crippen LogP contribution in [0.5, 0.6) is 0 Å². The lowest BCUT2D eigenvalue weighted by molar-refractivity contribution is -0.137. The first-order valence-corrected chi connectivity index (χ1v) is 9.87. The zero-order valence-corrected chi connectivity index (χ0v) is 16.1. The van der Waals surface area contributed by atoms with E-state index in [0.717, 1.165) is 49.8 Å². The van der Waals surface area contributed by atoms with Gasteiger partial charge >= 0.3 is 12.1 Å². The summed E-state index contributed by atoms with van der Waals surface area (Å²) in [6.45, 7) is 1.34. The zero-order valence-electron chi connectivity index (χ0n) is 15.3. The van der Waals surface area contributed by atoms with Gasteiger partial charge in [0.2, 0.25) is 0 Å². The molecule has 0 saturated heterocycles. The van der Waals surface area contributed by atoms with Gasteiger partial charge in [-0.05, 0) is 56.4 Å². The number of carbonyl (C=O) groups excluding carboxylic acids is 2. The lowest BCUT2D eigenvalue weighted by Gasteiger charge is -2.16. The van der Waals surface area contributed by atoms with E-state index in [-0.39, 0.29) is 5.69 Å². The van der Waals surface area contributed by atoms with E-state index in [4.69, 9.17) is 4.74 Å². The number of rotatable bonds is 4. The molecule has 1 N–H and O–H groups in total. The molecule has 1 aromatic heterocycles. The summed E-state index contributed by atoms with van der Waals surface area (Å²) >= 11 is 1.37. The second-order valence-electron chi connectivity index (χ2n) is 6.70.